The Morgan fingerprint density at radius 3 is 2.27 bits per heavy atom. The van der Waals surface area contributed by atoms with Crippen LogP contribution in [0.2, 0.25) is 0 Å². The van der Waals surface area contributed by atoms with Crippen molar-refractivity contribution < 1.29 is 8.42 Å². The van der Waals surface area contributed by atoms with Gasteiger partial charge in [0, 0.05) is 12.0 Å². The highest BCUT2D eigenvalue weighted by atomic mass is 32.2. The second kappa shape index (κ2) is 3.59. The van der Waals surface area contributed by atoms with Crippen LogP contribution in [0.3, 0.4) is 0 Å². The molecule has 1 aromatic rings. The average molecular weight is 226 g/mol. The number of nitrogens with one attached hydrogen (secondary N) is 1. The van der Waals surface area contributed by atoms with Gasteiger partial charge in [0.2, 0.25) is 10.0 Å². The molecule has 0 aliphatic heterocycles. The van der Waals surface area contributed by atoms with E-state index in [-0.39, 0.29) is 6.04 Å². The van der Waals surface area contributed by atoms with Crippen LogP contribution in [-0.4, -0.2) is 21.5 Å². The van der Waals surface area contributed by atoms with Gasteiger partial charge in [-0.15, -0.1) is 0 Å². The van der Waals surface area contributed by atoms with Crippen LogP contribution in [0.5, 0.6) is 0 Å². The molecule has 5 heteroatoms. The summed E-state index contributed by atoms with van der Waals surface area (Å²) in [6.45, 7) is 0. The number of hydrogen-bond donors (Lipinski definition) is 2. The molecular weight excluding hydrogens is 212 g/mol. The van der Waals surface area contributed by atoms with Gasteiger partial charge in [0.15, 0.2) is 0 Å². The fraction of sp³-hybridized carbons (Fsp3) is 0.400. The van der Waals surface area contributed by atoms with Gasteiger partial charge in [0.1, 0.15) is 0 Å². The molecule has 0 spiro atoms. The molecule has 1 aromatic carbocycles. The number of benzene rings is 1. The van der Waals surface area contributed by atoms with Crippen LogP contribution >= 0.6 is 0 Å². The van der Waals surface area contributed by atoms with Gasteiger partial charge >= 0.3 is 0 Å². The number of rotatable bonds is 3. The highest BCUT2D eigenvalue weighted by Crippen LogP contribution is 2.38. The van der Waals surface area contributed by atoms with Gasteiger partial charge in [-0.1, -0.05) is 12.1 Å². The third-order valence-electron chi connectivity index (χ3n) is 2.73. The summed E-state index contributed by atoms with van der Waals surface area (Å²) < 4.78 is 25.1. The molecule has 4 nitrogen and oxygen atoms in total. The van der Waals surface area contributed by atoms with E-state index in [1.807, 2.05) is 12.1 Å². The summed E-state index contributed by atoms with van der Waals surface area (Å²) in [5.41, 5.74) is 6.84. The maximum Gasteiger partial charge on any atom is 0.240 e. The maximum absolute atomic E-state index is 11.4. The zero-order valence-corrected chi connectivity index (χ0v) is 9.29. The van der Waals surface area contributed by atoms with Gasteiger partial charge in [0.05, 0.1) is 4.90 Å². The van der Waals surface area contributed by atoms with Gasteiger partial charge in [-0.3, -0.25) is 0 Å². The lowest BCUT2D eigenvalue weighted by molar-refractivity contribution is 0.588. The molecule has 82 valence electrons. The summed E-state index contributed by atoms with van der Waals surface area (Å²) in [5.74, 6) is 0.413. The van der Waals surface area contributed by atoms with Crippen molar-refractivity contribution in [1.82, 2.24) is 4.72 Å². The van der Waals surface area contributed by atoms with Crippen molar-refractivity contribution in [2.24, 2.45) is 5.73 Å². The van der Waals surface area contributed by atoms with E-state index < -0.39 is 10.0 Å². The Kier molecular flexibility index (Phi) is 2.54. The minimum absolute atomic E-state index is 0.247. The van der Waals surface area contributed by atoms with Crippen LogP contribution in [0, 0.1) is 0 Å². The van der Waals surface area contributed by atoms with Crippen molar-refractivity contribution in [3.8, 4) is 0 Å². The van der Waals surface area contributed by atoms with Crippen molar-refractivity contribution in [3.63, 3.8) is 0 Å². The van der Waals surface area contributed by atoms with E-state index in [0.717, 1.165) is 12.0 Å². The van der Waals surface area contributed by atoms with Crippen LogP contribution < -0.4 is 10.5 Å². The van der Waals surface area contributed by atoms with E-state index in [1.54, 1.807) is 12.1 Å². The minimum Gasteiger partial charge on any atom is -0.327 e. The Balaban J connectivity index is 2.25. The zero-order chi connectivity index (χ0) is 11.1. The standard InChI is InChI=1S/C10H14N2O2S/c1-12-15(13,14)8-4-2-7(3-5-8)9-6-10(9)11/h2-5,9-10,12H,6,11H2,1H3/t9-,10+/m0/s1. The van der Waals surface area contributed by atoms with Crippen molar-refractivity contribution in [3.05, 3.63) is 29.8 Å². The third-order valence-corrected chi connectivity index (χ3v) is 4.16. The van der Waals surface area contributed by atoms with Crippen LogP contribution in [0.25, 0.3) is 0 Å². The molecule has 1 aliphatic rings. The lowest BCUT2D eigenvalue weighted by atomic mass is 10.1. The van der Waals surface area contributed by atoms with Crippen LogP contribution in [0.15, 0.2) is 29.2 Å². The second-order valence-electron chi connectivity index (χ2n) is 3.78. The first-order valence-corrected chi connectivity index (χ1v) is 6.32. The number of hydrogen-bond acceptors (Lipinski definition) is 3. The second-order valence-corrected chi connectivity index (χ2v) is 5.67. The lowest BCUT2D eigenvalue weighted by Gasteiger charge is -2.03. The molecule has 1 aliphatic carbocycles. The normalized spacial score (nSPS) is 25.2. The SMILES string of the molecule is CNS(=O)(=O)c1ccc([C@@H]2C[C@H]2N)cc1. The molecule has 2 rings (SSSR count). The highest BCUT2D eigenvalue weighted by Gasteiger charge is 2.34. The van der Waals surface area contributed by atoms with E-state index in [0.29, 0.717) is 10.8 Å². The number of nitrogens with two attached hydrogens (primary N) is 1. The molecule has 3 N–H and O–H groups in total. The summed E-state index contributed by atoms with van der Waals surface area (Å²) in [4.78, 5) is 0.294. The Labute approximate surface area is 89.5 Å². The minimum atomic E-state index is -3.32. The van der Waals surface area contributed by atoms with Gasteiger partial charge in [-0.2, -0.15) is 0 Å². The molecular formula is C10H14N2O2S. The molecule has 0 amide bonds. The third kappa shape index (κ3) is 2.04. The quantitative estimate of drug-likeness (QED) is 0.784. The van der Waals surface area contributed by atoms with E-state index in [9.17, 15) is 8.42 Å². The summed E-state index contributed by atoms with van der Waals surface area (Å²) in [6.07, 6.45) is 0.998. The Morgan fingerprint density at radius 2 is 1.87 bits per heavy atom. The molecule has 0 heterocycles. The summed E-state index contributed by atoms with van der Waals surface area (Å²) in [6, 6.07) is 7.15. The molecule has 0 bridgehead atoms. The van der Waals surface area contributed by atoms with Gasteiger partial charge in [-0.25, -0.2) is 13.1 Å². The Bertz CT molecular complexity index is 453. The van der Waals surface area contributed by atoms with E-state index in [2.05, 4.69) is 4.72 Å². The lowest BCUT2D eigenvalue weighted by Crippen LogP contribution is -2.18. The van der Waals surface area contributed by atoms with Gasteiger partial charge in [0.25, 0.3) is 0 Å². The van der Waals surface area contributed by atoms with E-state index in [1.165, 1.54) is 7.05 Å². The smallest absolute Gasteiger partial charge is 0.240 e. The maximum atomic E-state index is 11.4. The van der Waals surface area contributed by atoms with Crippen LogP contribution in [-0.2, 0) is 10.0 Å². The monoisotopic (exact) mass is 226 g/mol. The molecule has 0 aromatic heterocycles. The highest BCUT2D eigenvalue weighted by molar-refractivity contribution is 7.89. The molecule has 0 saturated heterocycles. The molecule has 1 saturated carbocycles. The fourth-order valence-corrected chi connectivity index (χ4v) is 2.34. The van der Waals surface area contributed by atoms with Crippen LogP contribution in [0.4, 0.5) is 0 Å². The predicted molar refractivity (Wildman–Crippen MR) is 58.0 cm³/mol. The summed E-state index contributed by atoms with van der Waals surface area (Å²) >= 11 is 0. The molecule has 1 fully saturated rings. The van der Waals surface area contributed by atoms with E-state index in [4.69, 9.17) is 5.73 Å². The van der Waals surface area contributed by atoms with Crippen molar-refractivity contribution in [2.45, 2.75) is 23.3 Å². The zero-order valence-electron chi connectivity index (χ0n) is 8.47. The number of sulfonamides is 1. The molecule has 0 radical (unpaired) electrons. The van der Waals surface area contributed by atoms with Crippen molar-refractivity contribution >= 4 is 10.0 Å². The Hall–Kier alpha value is -0.910. The first-order chi connectivity index (χ1) is 7.04. The van der Waals surface area contributed by atoms with Crippen LogP contribution in [0.1, 0.15) is 17.9 Å². The van der Waals surface area contributed by atoms with Crippen molar-refractivity contribution in [2.75, 3.05) is 7.05 Å². The van der Waals surface area contributed by atoms with Gasteiger partial charge < -0.3 is 5.73 Å². The average Bonchev–Trinajstić information content (AvgIpc) is 2.96. The first kappa shape index (κ1) is 10.6. The van der Waals surface area contributed by atoms with E-state index >= 15 is 0 Å². The molecule has 15 heavy (non-hydrogen) atoms. The fourth-order valence-electron chi connectivity index (χ4n) is 1.61. The van der Waals surface area contributed by atoms with Crippen molar-refractivity contribution in [1.29, 1.82) is 0 Å². The first-order valence-electron chi connectivity index (χ1n) is 4.83. The largest absolute Gasteiger partial charge is 0.327 e. The Morgan fingerprint density at radius 1 is 1.33 bits per heavy atom. The summed E-state index contributed by atoms with van der Waals surface area (Å²) in [5, 5.41) is 0. The van der Waals surface area contributed by atoms with Gasteiger partial charge in [-0.05, 0) is 31.2 Å². The topological polar surface area (TPSA) is 72.2 Å². The molecule has 0 unspecified atom stereocenters. The predicted octanol–water partition coefficient (Wildman–Crippen LogP) is 0.409. The molecule has 2 atom stereocenters. The summed E-state index contributed by atoms with van der Waals surface area (Å²) in [7, 11) is -1.91.